The van der Waals surface area contributed by atoms with Crippen molar-refractivity contribution in [3.05, 3.63) is 64.4 Å². The molecule has 0 atom stereocenters. The lowest BCUT2D eigenvalue weighted by atomic mass is 10.0. The number of likely N-dealkylation sites (tertiary alicyclic amines) is 1. The fourth-order valence-corrected chi connectivity index (χ4v) is 3.97. The molecule has 4 heteroatoms. The van der Waals surface area contributed by atoms with Crippen LogP contribution >= 0.6 is 0 Å². The summed E-state index contributed by atoms with van der Waals surface area (Å²) in [6.07, 6.45) is 7.64. The third-order valence-electron chi connectivity index (χ3n) is 5.68. The van der Waals surface area contributed by atoms with Crippen molar-refractivity contribution in [2.45, 2.75) is 45.6 Å². The third-order valence-corrected chi connectivity index (χ3v) is 5.68. The van der Waals surface area contributed by atoms with Gasteiger partial charge in [-0.1, -0.05) is 44.0 Å². The van der Waals surface area contributed by atoms with Gasteiger partial charge in [0, 0.05) is 6.54 Å². The highest BCUT2D eigenvalue weighted by molar-refractivity contribution is 6.15. The Hall–Kier alpha value is -2.59. The molecule has 2 aromatic carbocycles. The smallest absolute Gasteiger partial charge is 0.231 e. The SMILES string of the molecule is CCc1ccc(/C=C2\Oc3c(ccc(O)c3CN3CCCCCC3)C2=O)cc1. The second-order valence-electron chi connectivity index (χ2n) is 7.67. The van der Waals surface area contributed by atoms with Crippen molar-refractivity contribution in [1.82, 2.24) is 4.90 Å². The number of fused-ring (bicyclic) bond motifs is 1. The number of rotatable bonds is 4. The molecule has 2 aliphatic rings. The van der Waals surface area contributed by atoms with E-state index in [4.69, 9.17) is 4.74 Å². The summed E-state index contributed by atoms with van der Waals surface area (Å²) in [5, 5.41) is 10.5. The van der Waals surface area contributed by atoms with E-state index in [-0.39, 0.29) is 11.5 Å². The molecule has 0 bridgehead atoms. The third kappa shape index (κ3) is 3.83. The Morgan fingerprint density at radius 1 is 1.04 bits per heavy atom. The number of phenolic OH excluding ortho intramolecular Hbond substituents is 1. The Balaban J connectivity index is 1.61. The van der Waals surface area contributed by atoms with Crippen LogP contribution in [-0.4, -0.2) is 28.9 Å². The maximum atomic E-state index is 12.8. The molecule has 146 valence electrons. The van der Waals surface area contributed by atoms with E-state index in [0.29, 0.717) is 23.6 Å². The molecule has 0 amide bonds. The summed E-state index contributed by atoms with van der Waals surface area (Å²) in [6.45, 7) is 4.76. The minimum Gasteiger partial charge on any atom is -0.507 e. The van der Waals surface area contributed by atoms with Crippen molar-refractivity contribution >= 4 is 11.9 Å². The summed E-state index contributed by atoms with van der Waals surface area (Å²) < 4.78 is 5.99. The van der Waals surface area contributed by atoms with Gasteiger partial charge < -0.3 is 9.84 Å². The van der Waals surface area contributed by atoms with E-state index in [9.17, 15) is 9.90 Å². The fraction of sp³-hybridized carbons (Fsp3) is 0.375. The van der Waals surface area contributed by atoms with Crippen LogP contribution in [0.4, 0.5) is 0 Å². The number of hydrogen-bond donors (Lipinski definition) is 1. The molecule has 0 unspecified atom stereocenters. The predicted molar refractivity (Wildman–Crippen MR) is 111 cm³/mol. The molecule has 4 rings (SSSR count). The molecule has 0 aliphatic carbocycles. The number of ketones is 1. The normalized spacial score (nSPS) is 18.8. The molecule has 4 nitrogen and oxygen atoms in total. The van der Waals surface area contributed by atoms with Crippen LogP contribution < -0.4 is 4.74 Å². The van der Waals surface area contributed by atoms with Crippen molar-refractivity contribution in [3.8, 4) is 11.5 Å². The van der Waals surface area contributed by atoms with Crippen LogP contribution in [-0.2, 0) is 13.0 Å². The number of carbonyl (C=O) groups is 1. The standard InChI is InChI=1S/C24H27NO3/c1-2-17-7-9-18(10-8-17)15-22-23(27)19-11-12-21(26)20(24(19)28-22)16-25-13-5-3-4-6-14-25/h7-12,15,26H,2-6,13-14,16H2,1H3/b22-15-. The molecule has 1 fully saturated rings. The summed E-state index contributed by atoms with van der Waals surface area (Å²) in [5.41, 5.74) is 3.46. The molecule has 0 saturated carbocycles. The molecule has 28 heavy (non-hydrogen) atoms. The molecular weight excluding hydrogens is 350 g/mol. The lowest BCUT2D eigenvalue weighted by molar-refractivity contribution is 0.101. The first kappa shape index (κ1) is 18.8. The zero-order valence-electron chi connectivity index (χ0n) is 16.4. The number of Topliss-reactive ketones (excluding diaryl/α,β-unsaturated/α-hetero) is 1. The molecular formula is C24H27NO3. The van der Waals surface area contributed by atoms with Crippen LogP contribution in [0.1, 0.15) is 59.7 Å². The maximum absolute atomic E-state index is 12.8. The highest BCUT2D eigenvalue weighted by Gasteiger charge is 2.31. The second kappa shape index (κ2) is 8.19. The van der Waals surface area contributed by atoms with Gasteiger partial charge in [-0.15, -0.1) is 0 Å². The van der Waals surface area contributed by atoms with Gasteiger partial charge in [-0.3, -0.25) is 9.69 Å². The average Bonchev–Trinajstić information content (AvgIpc) is 2.88. The van der Waals surface area contributed by atoms with Gasteiger partial charge in [-0.05, 0) is 61.7 Å². The molecule has 0 spiro atoms. The van der Waals surface area contributed by atoms with E-state index < -0.39 is 0 Å². The van der Waals surface area contributed by atoms with Gasteiger partial charge in [0.15, 0.2) is 5.76 Å². The Kier molecular flexibility index (Phi) is 5.49. The number of hydrogen-bond acceptors (Lipinski definition) is 4. The van der Waals surface area contributed by atoms with Gasteiger partial charge in [0.25, 0.3) is 0 Å². The molecule has 2 aliphatic heterocycles. The van der Waals surface area contributed by atoms with Crippen LogP contribution in [0.3, 0.4) is 0 Å². The van der Waals surface area contributed by atoms with Gasteiger partial charge in [-0.2, -0.15) is 0 Å². The molecule has 2 heterocycles. The number of phenols is 1. The van der Waals surface area contributed by atoms with Crippen molar-refractivity contribution in [1.29, 1.82) is 0 Å². The first-order valence-corrected chi connectivity index (χ1v) is 10.3. The van der Waals surface area contributed by atoms with E-state index in [2.05, 4.69) is 24.0 Å². The lowest BCUT2D eigenvalue weighted by Gasteiger charge is -2.21. The Bertz CT molecular complexity index is 891. The van der Waals surface area contributed by atoms with Crippen LogP contribution in [0, 0.1) is 0 Å². The lowest BCUT2D eigenvalue weighted by Crippen LogP contribution is -2.24. The van der Waals surface area contributed by atoms with E-state index >= 15 is 0 Å². The topological polar surface area (TPSA) is 49.8 Å². The Labute approximate surface area is 166 Å². The molecule has 0 radical (unpaired) electrons. The van der Waals surface area contributed by atoms with Crippen LogP contribution in [0.25, 0.3) is 6.08 Å². The summed E-state index contributed by atoms with van der Waals surface area (Å²) in [5.74, 6) is 0.920. The largest absolute Gasteiger partial charge is 0.507 e. The number of aryl methyl sites for hydroxylation is 1. The van der Waals surface area contributed by atoms with Crippen LogP contribution in [0.5, 0.6) is 11.5 Å². The van der Waals surface area contributed by atoms with Crippen LogP contribution in [0.15, 0.2) is 42.2 Å². The average molecular weight is 377 g/mol. The van der Waals surface area contributed by atoms with Gasteiger partial charge in [-0.25, -0.2) is 0 Å². The zero-order valence-corrected chi connectivity index (χ0v) is 16.4. The van der Waals surface area contributed by atoms with E-state index in [1.165, 1.54) is 31.2 Å². The van der Waals surface area contributed by atoms with Crippen molar-refractivity contribution in [3.63, 3.8) is 0 Å². The summed E-state index contributed by atoms with van der Waals surface area (Å²) in [6, 6.07) is 11.4. The van der Waals surface area contributed by atoms with Crippen LogP contribution in [0.2, 0.25) is 0 Å². The predicted octanol–water partition coefficient (Wildman–Crippen LogP) is 4.95. The fourth-order valence-electron chi connectivity index (χ4n) is 3.97. The number of benzene rings is 2. The number of ether oxygens (including phenoxy) is 1. The minimum absolute atomic E-state index is 0.119. The van der Waals surface area contributed by atoms with Gasteiger partial charge in [0.05, 0.1) is 11.1 Å². The van der Waals surface area contributed by atoms with E-state index in [0.717, 1.165) is 30.6 Å². The quantitative estimate of drug-likeness (QED) is 0.766. The monoisotopic (exact) mass is 377 g/mol. The zero-order chi connectivity index (χ0) is 19.5. The first-order chi connectivity index (χ1) is 13.7. The first-order valence-electron chi connectivity index (χ1n) is 10.3. The van der Waals surface area contributed by atoms with Gasteiger partial charge in [0.2, 0.25) is 5.78 Å². The molecule has 0 aromatic heterocycles. The van der Waals surface area contributed by atoms with E-state index in [1.54, 1.807) is 18.2 Å². The van der Waals surface area contributed by atoms with Crippen molar-refractivity contribution in [2.24, 2.45) is 0 Å². The number of nitrogens with zero attached hydrogens (tertiary/aromatic N) is 1. The van der Waals surface area contributed by atoms with Gasteiger partial charge >= 0.3 is 0 Å². The number of aromatic hydroxyl groups is 1. The molecule has 1 N–H and O–H groups in total. The highest BCUT2D eigenvalue weighted by atomic mass is 16.5. The number of carbonyl (C=O) groups excluding carboxylic acids is 1. The van der Waals surface area contributed by atoms with E-state index in [1.807, 2.05) is 12.1 Å². The summed E-state index contributed by atoms with van der Waals surface area (Å²) >= 11 is 0. The Morgan fingerprint density at radius 3 is 2.43 bits per heavy atom. The van der Waals surface area contributed by atoms with Gasteiger partial charge in [0.1, 0.15) is 11.5 Å². The van der Waals surface area contributed by atoms with Crippen molar-refractivity contribution in [2.75, 3.05) is 13.1 Å². The highest BCUT2D eigenvalue weighted by Crippen LogP contribution is 2.40. The summed E-state index contributed by atoms with van der Waals surface area (Å²) in [4.78, 5) is 15.2. The second-order valence-corrected chi connectivity index (χ2v) is 7.67. The molecule has 2 aromatic rings. The summed E-state index contributed by atoms with van der Waals surface area (Å²) in [7, 11) is 0. The minimum atomic E-state index is -0.119. The van der Waals surface area contributed by atoms with Crippen molar-refractivity contribution < 1.29 is 14.6 Å². The number of allylic oxidation sites excluding steroid dienone is 1. The molecule has 1 saturated heterocycles. The maximum Gasteiger partial charge on any atom is 0.231 e. The Morgan fingerprint density at radius 2 is 1.75 bits per heavy atom.